The van der Waals surface area contributed by atoms with Crippen LogP contribution in [0.5, 0.6) is 0 Å². The summed E-state index contributed by atoms with van der Waals surface area (Å²) < 4.78 is 1.90. The van der Waals surface area contributed by atoms with Gasteiger partial charge in [0.05, 0.1) is 17.1 Å². The van der Waals surface area contributed by atoms with Crippen LogP contribution in [-0.4, -0.2) is 51.8 Å². The van der Waals surface area contributed by atoms with Crippen molar-refractivity contribution in [1.82, 2.24) is 25.0 Å². The maximum atomic E-state index is 12.9. The van der Waals surface area contributed by atoms with E-state index in [9.17, 15) is 4.79 Å². The molecule has 3 rings (SSSR count). The molecule has 1 aliphatic rings. The molecule has 1 fully saturated rings. The van der Waals surface area contributed by atoms with Gasteiger partial charge in [-0.1, -0.05) is 26.7 Å². The smallest absolute Gasteiger partial charge is 0.252 e. The molecule has 6 heteroatoms. The van der Waals surface area contributed by atoms with Crippen molar-refractivity contribution in [2.75, 3.05) is 26.2 Å². The van der Waals surface area contributed by atoms with Gasteiger partial charge in [0, 0.05) is 18.3 Å². The number of likely N-dealkylation sites (tertiary alicyclic amines) is 1. The Hall–Kier alpha value is -1.95. The first-order valence-electron chi connectivity index (χ1n) is 10.9. The summed E-state index contributed by atoms with van der Waals surface area (Å²) in [4.78, 5) is 20.2. The number of hydrogen-bond acceptors (Lipinski definition) is 4. The summed E-state index contributed by atoms with van der Waals surface area (Å²) in [6.07, 6.45) is 8.08. The van der Waals surface area contributed by atoms with Gasteiger partial charge in [0.15, 0.2) is 5.65 Å². The van der Waals surface area contributed by atoms with Gasteiger partial charge in [0.25, 0.3) is 5.91 Å². The van der Waals surface area contributed by atoms with E-state index < -0.39 is 0 Å². The highest BCUT2D eigenvalue weighted by Crippen LogP contribution is 2.24. The minimum absolute atomic E-state index is 0.0199. The van der Waals surface area contributed by atoms with Crippen molar-refractivity contribution in [3.63, 3.8) is 0 Å². The molecule has 0 saturated carbocycles. The van der Waals surface area contributed by atoms with Gasteiger partial charge in [0.1, 0.15) is 0 Å². The molecule has 2 aromatic rings. The van der Waals surface area contributed by atoms with E-state index in [1.54, 1.807) is 6.20 Å². The maximum Gasteiger partial charge on any atom is 0.252 e. The van der Waals surface area contributed by atoms with Crippen molar-refractivity contribution >= 4 is 16.9 Å². The molecule has 0 aromatic carbocycles. The maximum absolute atomic E-state index is 12.9. The summed E-state index contributed by atoms with van der Waals surface area (Å²) in [6.45, 7) is 12.5. The van der Waals surface area contributed by atoms with Gasteiger partial charge in [-0.25, -0.2) is 9.67 Å². The lowest BCUT2D eigenvalue weighted by atomic mass is 10.0. The third kappa shape index (κ3) is 4.90. The van der Waals surface area contributed by atoms with Gasteiger partial charge in [-0.3, -0.25) is 4.79 Å². The van der Waals surface area contributed by atoms with Crippen LogP contribution in [0.1, 0.15) is 87.8 Å². The zero-order valence-corrected chi connectivity index (χ0v) is 17.9. The first-order chi connectivity index (χ1) is 13.5. The number of rotatable bonds is 7. The average molecular weight is 386 g/mol. The zero-order chi connectivity index (χ0) is 20.1. The van der Waals surface area contributed by atoms with Crippen LogP contribution in [0.3, 0.4) is 0 Å². The summed E-state index contributed by atoms with van der Waals surface area (Å²) in [6, 6.07) is 2.14. The Labute approximate surface area is 168 Å². The molecule has 1 N–H and O–H groups in total. The molecule has 28 heavy (non-hydrogen) atoms. The lowest BCUT2D eigenvalue weighted by Gasteiger charge is -2.19. The molecule has 1 aliphatic heterocycles. The fraction of sp³-hybridized carbons (Fsp3) is 0.682. The van der Waals surface area contributed by atoms with Crippen LogP contribution in [0.25, 0.3) is 11.0 Å². The first-order valence-corrected chi connectivity index (χ1v) is 10.9. The minimum Gasteiger partial charge on any atom is -0.352 e. The van der Waals surface area contributed by atoms with Crippen LogP contribution in [-0.2, 0) is 0 Å². The lowest BCUT2D eigenvalue weighted by molar-refractivity contribution is 0.0953. The van der Waals surface area contributed by atoms with Crippen LogP contribution < -0.4 is 5.32 Å². The normalized spacial score (nSPS) is 16.1. The molecule has 0 atom stereocenters. The van der Waals surface area contributed by atoms with Gasteiger partial charge in [-0.05, 0) is 64.7 Å². The topological polar surface area (TPSA) is 63.1 Å². The van der Waals surface area contributed by atoms with Crippen LogP contribution in [0, 0.1) is 0 Å². The second kappa shape index (κ2) is 9.50. The minimum atomic E-state index is -0.0199. The van der Waals surface area contributed by atoms with E-state index in [0.29, 0.717) is 12.1 Å². The van der Waals surface area contributed by atoms with Gasteiger partial charge < -0.3 is 10.2 Å². The van der Waals surface area contributed by atoms with Crippen LogP contribution >= 0.6 is 0 Å². The summed E-state index contributed by atoms with van der Waals surface area (Å²) in [7, 11) is 0. The van der Waals surface area contributed by atoms with E-state index in [2.05, 4.69) is 43.0 Å². The highest BCUT2D eigenvalue weighted by molar-refractivity contribution is 6.05. The number of pyridine rings is 1. The third-order valence-corrected chi connectivity index (χ3v) is 5.55. The second-order valence-electron chi connectivity index (χ2n) is 8.53. The lowest BCUT2D eigenvalue weighted by Crippen LogP contribution is -2.30. The van der Waals surface area contributed by atoms with E-state index in [0.717, 1.165) is 29.7 Å². The Kier molecular flexibility index (Phi) is 7.05. The van der Waals surface area contributed by atoms with Crippen molar-refractivity contribution in [3.05, 3.63) is 23.5 Å². The average Bonchev–Trinajstić information content (AvgIpc) is 2.93. The molecule has 1 amide bonds. The van der Waals surface area contributed by atoms with E-state index in [1.165, 1.54) is 38.8 Å². The number of nitrogens with one attached hydrogen (secondary N) is 1. The van der Waals surface area contributed by atoms with Crippen LogP contribution in [0.4, 0.5) is 0 Å². The van der Waals surface area contributed by atoms with E-state index >= 15 is 0 Å². The molecule has 0 aliphatic carbocycles. The highest BCUT2D eigenvalue weighted by atomic mass is 16.1. The number of aromatic nitrogens is 3. The Bertz CT molecular complexity index is 788. The van der Waals surface area contributed by atoms with Crippen LogP contribution in [0.15, 0.2) is 12.3 Å². The molecular formula is C22H35N5O. The van der Waals surface area contributed by atoms with E-state index in [4.69, 9.17) is 4.98 Å². The van der Waals surface area contributed by atoms with Crippen molar-refractivity contribution < 1.29 is 4.79 Å². The molecule has 0 radical (unpaired) electrons. The predicted octanol–water partition coefficient (Wildman–Crippen LogP) is 4.13. The fourth-order valence-corrected chi connectivity index (χ4v) is 3.86. The molecule has 6 nitrogen and oxygen atoms in total. The molecular weight excluding hydrogens is 350 g/mol. The second-order valence-corrected chi connectivity index (χ2v) is 8.53. The number of nitrogens with zero attached hydrogens (tertiary/aromatic N) is 4. The molecule has 1 saturated heterocycles. The molecule has 154 valence electrons. The molecule has 0 spiro atoms. The third-order valence-electron chi connectivity index (χ3n) is 5.55. The number of fused-ring (bicyclic) bond motifs is 1. The summed E-state index contributed by atoms with van der Waals surface area (Å²) >= 11 is 0. The van der Waals surface area contributed by atoms with Crippen molar-refractivity contribution in [3.8, 4) is 0 Å². The Morgan fingerprint density at radius 2 is 1.86 bits per heavy atom. The fourth-order valence-electron chi connectivity index (χ4n) is 3.86. The molecule has 3 heterocycles. The quantitative estimate of drug-likeness (QED) is 0.728. The van der Waals surface area contributed by atoms with Gasteiger partial charge in [-0.2, -0.15) is 5.10 Å². The Balaban J connectivity index is 1.68. The van der Waals surface area contributed by atoms with Crippen molar-refractivity contribution in [2.24, 2.45) is 0 Å². The van der Waals surface area contributed by atoms with E-state index in [1.807, 2.05) is 10.7 Å². The Morgan fingerprint density at radius 1 is 1.14 bits per heavy atom. The van der Waals surface area contributed by atoms with Crippen molar-refractivity contribution in [1.29, 1.82) is 0 Å². The van der Waals surface area contributed by atoms with Gasteiger partial charge in [-0.15, -0.1) is 0 Å². The highest BCUT2D eigenvalue weighted by Gasteiger charge is 2.19. The van der Waals surface area contributed by atoms with E-state index in [-0.39, 0.29) is 17.9 Å². The first kappa shape index (κ1) is 20.8. The predicted molar refractivity (Wildman–Crippen MR) is 114 cm³/mol. The van der Waals surface area contributed by atoms with Gasteiger partial charge in [0.2, 0.25) is 0 Å². The summed E-state index contributed by atoms with van der Waals surface area (Å²) in [5.41, 5.74) is 2.43. The number of carbonyl (C=O) groups is 1. The Morgan fingerprint density at radius 3 is 2.50 bits per heavy atom. The summed E-state index contributed by atoms with van der Waals surface area (Å²) in [5, 5.41) is 8.43. The molecule has 0 unspecified atom stereocenters. The zero-order valence-electron chi connectivity index (χ0n) is 17.9. The van der Waals surface area contributed by atoms with Crippen molar-refractivity contribution in [2.45, 2.75) is 71.8 Å². The SMILES string of the molecule is CC(C)c1cc(C(=O)NCCCN2CCCCCC2)c2cnn(C(C)C)c2n1. The molecule has 0 bridgehead atoms. The standard InChI is InChI=1S/C22H35N5O/c1-16(2)20-14-18(19-15-24-27(17(3)4)21(19)25-20)22(28)23-10-9-13-26-11-7-5-6-8-12-26/h14-17H,5-13H2,1-4H3,(H,23,28). The molecule has 2 aromatic heterocycles. The van der Waals surface area contributed by atoms with Crippen LogP contribution in [0.2, 0.25) is 0 Å². The number of amides is 1. The monoisotopic (exact) mass is 385 g/mol. The summed E-state index contributed by atoms with van der Waals surface area (Å²) in [5.74, 6) is 0.239. The largest absolute Gasteiger partial charge is 0.352 e. The number of hydrogen-bond donors (Lipinski definition) is 1. The van der Waals surface area contributed by atoms with Gasteiger partial charge >= 0.3 is 0 Å². The number of carbonyl (C=O) groups excluding carboxylic acids is 1.